The summed E-state index contributed by atoms with van der Waals surface area (Å²) in [6, 6.07) is 11.6. The molecule has 2 aliphatic heterocycles. The molecule has 0 unspecified atom stereocenters. The molecule has 4 rings (SSSR count). The molecule has 1 N–H and O–H groups in total. The Balaban J connectivity index is 1.31. The molecular weight excluding hydrogens is 376 g/mol. The summed E-state index contributed by atoms with van der Waals surface area (Å²) in [5, 5.41) is 13.7. The number of amides is 1. The van der Waals surface area contributed by atoms with Crippen LogP contribution in [-0.4, -0.2) is 54.7 Å². The molecule has 0 spiro atoms. The van der Waals surface area contributed by atoms with Gasteiger partial charge in [-0.3, -0.25) is 19.8 Å². The van der Waals surface area contributed by atoms with Gasteiger partial charge in [-0.25, -0.2) is 0 Å². The summed E-state index contributed by atoms with van der Waals surface area (Å²) in [4.78, 5) is 27.4. The number of carbonyl (C=O) groups excluding carboxylic acids is 1. The number of nitrogens with one attached hydrogen (secondary N) is 1. The Morgan fingerprint density at radius 3 is 2.45 bits per heavy atom. The average Bonchev–Trinajstić information content (AvgIpc) is 3.21. The molecule has 2 aliphatic rings. The van der Waals surface area contributed by atoms with Crippen LogP contribution < -0.4 is 19.7 Å². The number of non-ortho nitro benzene ring substituents is 1. The van der Waals surface area contributed by atoms with Crippen molar-refractivity contribution < 1.29 is 19.2 Å². The molecule has 9 heteroatoms. The summed E-state index contributed by atoms with van der Waals surface area (Å²) in [5.41, 5.74) is 1.71. The van der Waals surface area contributed by atoms with Crippen molar-refractivity contribution in [3.8, 4) is 11.5 Å². The van der Waals surface area contributed by atoms with Crippen molar-refractivity contribution in [2.75, 3.05) is 43.2 Å². The number of nitrogens with zero attached hydrogens (tertiary/aromatic N) is 3. The Hall–Kier alpha value is -3.33. The van der Waals surface area contributed by atoms with Crippen molar-refractivity contribution in [3.05, 3.63) is 52.6 Å². The standard InChI is InChI=1S/C20H22N4O5/c1-14(20(25)21-15-2-7-18-19(12-15)29-13-28-18)22-8-10-23(11-9-22)16-3-5-17(6-4-16)24(26)27/h2-7,12,14H,8-11,13H2,1H3,(H,21,25)/t14-/m0/s1. The molecule has 1 fully saturated rings. The van der Waals surface area contributed by atoms with Gasteiger partial charge in [-0.1, -0.05) is 0 Å². The lowest BCUT2D eigenvalue weighted by Gasteiger charge is -2.38. The maximum atomic E-state index is 12.7. The van der Waals surface area contributed by atoms with E-state index in [1.54, 1.807) is 30.3 Å². The SMILES string of the molecule is C[C@@H](C(=O)Nc1ccc2c(c1)OCO2)N1CCN(c2ccc([N+](=O)[O-])cc2)CC1. The lowest BCUT2D eigenvalue weighted by molar-refractivity contribution is -0.384. The topological polar surface area (TPSA) is 97.2 Å². The van der Waals surface area contributed by atoms with E-state index in [2.05, 4.69) is 15.1 Å². The lowest BCUT2D eigenvalue weighted by atomic mass is 10.2. The summed E-state index contributed by atoms with van der Waals surface area (Å²) in [7, 11) is 0. The monoisotopic (exact) mass is 398 g/mol. The van der Waals surface area contributed by atoms with E-state index >= 15 is 0 Å². The molecule has 0 radical (unpaired) electrons. The molecule has 0 aliphatic carbocycles. The fraction of sp³-hybridized carbons (Fsp3) is 0.350. The highest BCUT2D eigenvalue weighted by atomic mass is 16.7. The van der Waals surface area contributed by atoms with Crippen LogP contribution in [0.2, 0.25) is 0 Å². The minimum absolute atomic E-state index is 0.0762. The highest BCUT2D eigenvalue weighted by Gasteiger charge is 2.26. The molecule has 9 nitrogen and oxygen atoms in total. The van der Waals surface area contributed by atoms with Crippen molar-refractivity contribution in [1.29, 1.82) is 0 Å². The van der Waals surface area contributed by atoms with Crippen LogP contribution in [0.5, 0.6) is 11.5 Å². The Bertz CT molecular complexity index is 910. The quantitative estimate of drug-likeness (QED) is 0.610. The van der Waals surface area contributed by atoms with Gasteiger partial charge < -0.3 is 19.7 Å². The van der Waals surface area contributed by atoms with Crippen LogP contribution in [0.15, 0.2) is 42.5 Å². The van der Waals surface area contributed by atoms with Crippen LogP contribution in [0.25, 0.3) is 0 Å². The normalized spacial score (nSPS) is 17.1. The van der Waals surface area contributed by atoms with E-state index in [-0.39, 0.29) is 24.4 Å². The van der Waals surface area contributed by atoms with Crippen molar-refractivity contribution in [2.45, 2.75) is 13.0 Å². The summed E-state index contributed by atoms with van der Waals surface area (Å²) in [6.07, 6.45) is 0. The number of nitro benzene ring substituents is 1. The fourth-order valence-electron chi connectivity index (χ4n) is 3.54. The van der Waals surface area contributed by atoms with Gasteiger partial charge in [-0.2, -0.15) is 0 Å². The van der Waals surface area contributed by atoms with Gasteiger partial charge in [0.25, 0.3) is 5.69 Å². The second-order valence-electron chi connectivity index (χ2n) is 7.03. The van der Waals surface area contributed by atoms with Crippen molar-refractivity contribution in [1.82, 2.24) is 4.90 Å². The summed E-state index contributed by atoms with van der Waals surface area (Å²) in [6.45, 7) is 5.05. The van der Waals surface area contributed by atoms with Crippen LogP contribution in [0.4, 0.5) is 17.1 Å². The molecule has 29 heavy (non-hydrogen) atoms. The largest absolute Gasteiger partial charge is 0.454 e. The molecule has 2 heterocycles. The third kappa shape index (κ3) is 4.09. The van der Waals surface area contributed by atoms with E-state index in [1.165, 1.54) is 12.1 Å². The van der Waals surface area contributed by atoms with Gasteiger partial charge in [0, 0.05) is 55.8 Å². The van der Waals surface area contributed by atoms with Crippen LogP contribution >= 0.6 is 0 Å². The first-order valence-corrected chi connectivity index (χ1v) is 9.45. The molecule has 152 valence electrons. The van der Waals surface area contributed by atoms with Gasteiger partial charge in [0.05, 0.1) is 11.0 Å². The third-order valence-corrected chi connectivity index (χ3v) is 5.31. The van der Waals surface area contributed by atoms with Gasteiger partial charge in [-0.05, 0) is 31.2 Å². The Morgan fingerprint density at radius 2 is 1.76 bits per heavy atom. The highest BCUT2D eigenvalue weighted by molar-refractivity contribution is 5.94. The van der Waals surface area contributed by atoms with Gasteiger partial charge in [0.2, 0.25) is 12.7 Å². The van der Waals surface area contributed by atoms with Crippen LogP contribution in [-0.2, 0) is 4.79 Å². The smallest absolute Gasteiger partial charge is 0.269 e. The number of rotatable bonds is 5. The minimum Gasteiger partial charge on any atom is -0.454 e. The first-order valence-electron chi connectivity index (χ1n) is 9.45. The molecular formula is C20H22N4O5. The molecule has 0 aromatic heterocycles. The van der Waals surface area contributed by atoms with Gasteiger partial charge >= 0.3 is 0 Å². The second-order valence-corrected chi connectivity index (χ2v) is 7.03. The van der Waals surface area contributed by atoms with Crippen molar-refractivity contribution >= 4 is 23.0 Å². The Labute approximate surface area is 168 Å². The number of nitro groups is 1. The molecule has 1 amide bonds. The van der Waals surface area contributed by atoms with Gasteiger partial charge in [0.15, 0.2) is 11.5 Å². The predicted octanol–water partition coefficient (Wildman–Crippen LogP) is 2.47. The Kier molecular flexibility index (Phi) is 5.22. The number of carbonyl (C=O) groups is 1. The minimum atomic E-state index is -0.401. The molecule has 0 bridgehead atoms. The summed E-state index contributed by atoms with van der Waals surface area (Å²) in [5.74, 6) is 1.23. The number of benzene rings is 2. The molecule has 2 aromatic carbocycles. The molecule has 1 saturated heterocycles. The predicted molar refractivity (Wildman–Crippen MR) is 108 cm³/mol. The second kappa shape index (κ2) is 7.96. The zero-order chi connectivity index (χ0) is 20.4. The highest BCUT2D eigenvalue weighted by Crippen LogP contribution is 2.34. The van der Waals surface area contributed by atoms with E-state index in [9.17, 15) is 14.9 Å². The number of hydrogen-bond acceptors (Lipinski definition) is 7. The Morgan fingerprint density at radius 1 is 1.07 bits per heavy atom. The van der Waals surface area contributed by atoms with E-state index < -0.39 is 4.92 Å². The van der Waals surface area contributed by atoms with Crippen molar-refractivity contribution in [2.24, 2.45) is 0 Å². The molecule has 1 atom stereocenters. The number of piperazine rings is 1. The first kappa shape index (κ1) is 19.0. The van der Waals surface area contributed by atoms with E-state index in [4.69, 9.17) is 9.47 Å². The van der Waals surface area contributed by atoms with Gasteiger partial charge in [0.1, 0.15) is 0 Å². The maximum Gasteiger partial charge on any atom is 0.269 e. The zero-order valence-corrected chi connectivity index (χ0v) is 16.0. The fourth-order valence-corrected chi connectivity index (χ4v) is 3.54. The third-order valence-electron chi connectivity index (χ3n) is 5.31. The van der Waals surface area contributed by atoms with Crippen LogP contribution in [0, 0.1) is 10.1 Å². The maximum absolute atomic E-state index is 12.7. The van der Waals surface area contributed by atoms with Gasteiger partial charge in [-0.15, -0.1) is 0 Å². The summed E-state index contributed by atoms with van der Waals surface area (Å²) < 4.78 is 10.6. The van der Waals surface area contributed by atoms with E-state index in [1.807, 2.05) is 6.92 Å². The lowest BCUT2D eigenvalue weighted by Crippen LogP contribution is -2.52. The van der Waals surface area contributed by atoms with Crippen molar-refractivity contribution in [3.63, 3.8) is 0 Å². The summed E-state index contributed by atoms with van der Waals surface area (Å²) >= 11 is 0. The number of fused-ring (bicyclic) bond motifs is 1. The van der Waals surface area contributed by atoms with Crippen LogP contribution in [0.1, 0.15) is 6.92 Å². The van der Waals surface area contributed by atoms with E-state index in [0.717, 1.165) is 31.9 Å². The number of ether oxygens (including phenoxy) is 2. The first-order chi connectivity index (χ1) is 14.0. The van der Waals surface area contributed by atoms with E-state index in [0.29, 0.717) is 17.2 Å². The number of anilines is 2. The van der Waals surface area contributed by atoms with Crippen LogP contribution in [0.3, 0.4) is 0 Å². The number of hydrogen-bond donors (Lipinski definition) is 1. The average molecular weight is 398 g/mol. The molecule has 0 saturated carbocycles. The zero-order valence-electron chi connectivity index (χ0n) is 16.0. The molecule has 2 aromatic rings.